The van der Waals surface area contributed by atoms with Crippen molar-refractivity contribution in [3.63, 3.8) is 0 Å². The van der Waals surface area contributed by atoms with Gasteiger partial charge in [-0.25, -0.2) is 0 Å². The van der Waals surface area contributed by atoms with Gasteiger partial charge in [-0.2, -0.15) is 0 Å². The average molecular weight is 513 g/mol. The summed E-state index contributed by atoms with van der Waals surface area (Å²) >= 11 is 0. The van der Waals surface area contributed by atoms with Crippen molar-refractivity contribution in [2.75, 3.05) is 13.1 Å². The van der Waals surface area contributed by atoms with Crippen LogP contribution in [0.1, 0.15) is 66.8 Å². The minimum atomic E-state index is -0.469. The van der Waals surface area contributed by atoms with Crippen molar-refractivity contribution in [3.8, 4) is 11.1 Å². The maximum atomic E-state index is 9.51. The summed E-state index contributed by atoms with van der Waals surface area (Å²) in [5.74, 6) is 0. The molecule has 0 radical (unpaired) electrons. The Kier molecular flexibility index (Phi) is 9.05. The number of aliphatic hydroxyl groups is 1. The Morgan fingerprint density at radius 2 is 1.63 bits per heavy atom. The number of aliphatic hydroxyl groups excluding tert-OH is 1. The Balaban J connectivity index is 1.42. The third-order valence-electron chi connectivity index (χ3n) is 7.91. The fourth-order valence-corrected chi connectivity index (χ4v) is 5.85. The lowest BCUT2D eigenvalue weighted by Crippen LogP contribution is -2.43. The normalized spacial score (nSPS) is 22.1. The summed E-state index contributed by atoms with van der Waals surface area (Å²) in [7, 11) is 0. The molecule has 2 fully saturated rings. The predicted octanol–water partition coefficient (Wildman–Crippen LogP) is 6.28. The van der Waals surface area contributed by atoms with E-state index >= 15 is 0 Å². The van der Waals surface area contributed by atoms with E-state index < -0.39 is 6.29 Å². The van der Waals surface area contributed by atoms with Crippen molar-refractivity contribution in [1.82, 2.24) is 4.90 Å². The molecule has 1 saturated heterocycles. The van der Waals surface area contributed by atoms with Crippen molar-refractivity contribution in [3.05, 3.63) is 108 Å². The average Bonchev–Trinajstić information content (AvgIpc) is 3.52. The second kappa shape index (κ2) is 12.8. The number of nitrogens with two attached hydrogens (primary N) is 1. The summed E-state index contributed by atoms with van der Waals surface area (Å²) in [5, 5.41) is 9.51. The highest BCUT2D eigenvalue weighted by Crippen LogP contribution is 2.39. The molecule has 1 saturated carbocycles. The molecule has 1 aliphatic carbocycles. The van der Waals surface area contributed by atoms with E-state index in [2.05, 4.69) is 72.1 Å². The van der Waals surface area contributed by atoms with E-state index in [9.17, 15) is 5.11 Å². The van der Waals surface area contributed by atoms with Gasteiger partial charge in [0.25, 0.3) is 0 Å². The van der Waals surface area contributed by atoms with E-state index in [1.54, 1.807) is 0 Å². The highest BCUT2D eigenvalue weighted by molar-refractivity contribution is 5.65. The molecular weight excluding hydrogens is 472 g/mol. The fourth-order valence-electron chi connectivity index (χ4n) is 5.85. The van der Waals surface area contributed by atoms with E-state index in [1.165, 1.54) is 25.7 Å². The predicted molar refractivity (Wildman–Crippen MR) is 152 cm³/mol. The van der Waals surface area contributed by atoms with Gasteiger partial charge in [0.2, 0.25) is 0 Å². The topological polar surface area (TPSA) is 68.0 Å². The molecule has 200 valence electrons. The van der Waals surface area contributed by atoms with Gasteiger partial charge in [-0.1, -0.05) is 79.6 Å². The van der Waals surface area contributed by atoms with Crippen LogP contribution in [0.5, 0.6) is 0 Å². The molecule has 0 amide bonds. The first-order chi connectivity index (χ1) is 18.7. The number of benzene rings is 3. The fraction of sp³-hybridized carbons (Fsp3) is 0.394. The lowest BCUT2D eigenvalue weighted by molar-refractivity contribution is -0.253. The number of nitrogens with zero attached hydrogens (tertiary/aromatic N) is 1. The van der Waals surface area contributed by atoms with Crippen molar-refractivity contribution < 1.29 is 14.6 Å². The first kappa shape index (κ1) is 26.8. The Bertz CT molecular complexity index is 1190. The van der Waals surface area contributed by atoms with E-state index in [-0.39, 0.29) is 18.8 Å². The van der Waals surface area contributed by atoms with Crippen LogP contribution in [0.15, 0.2) is 85.5 Å². The number of hydrogen-bond donors (Lipinski definition) is 2. The van der Waals surface area contributed by atoms with Crippen LogP contribution < -0.4 is 5.73 Å². The monoisotopic (exact) mass is 512 g/mol. The first-order valence-electron chi connectivity index (χ1n) is 13.9. The van der Waals surface area contributed by atoms with Crippen LogP contribution in [0.4, 0.5) is 0 Å². The SMILES string of the molecule is C=CCN(C[C@@H]1C[C@H](c2ccc(CO)cc2)O[C@H](c2cccc(-c3cccc(CN)c3)c2)O1)C1CCCC1. The molecule has 2 aliphatic rings. The molecule has 1 aliphatic heterocycles. The summed E-state index contributed by atoms with van der Waals surface area (Å²) in [4.78, 5) is 2.55. The van der Waals surface area contributed by atoms with E-state index in [1.807, 2.05) is 18.2 Å². The van der Waals surface area contributed by atoms with Crippen molar-refractivity contribution >= 4 is 0 Å². The smallest absolute Gasteiger partial charge is 0.184 e. The molecule has 3 N–H and O–H groups in total. The summed E-state index contributed by atoms with van der Waals surface area (Å²) in [6.07, 6.45) is 7.36. The molecule has 3 atom stereocenters. The number of ether oxygens (including phenoxy) is 2. The highest BCUT2D eigenvalue weighted by Gasteiger charge is 2.34. The standard InChI is InChI=1S/C33H40N2O3/c1-2-17-35(30-11-3-4-12-30)22-31-20-32(26-15-13-24(23-36)14-16-26)38-33(37-31)29-10-6-9-28(19-29)27-8-5-7-25(18-27)21-34/h2,5-10,13-16,18-19,30-33,36H,1,3-4,11-12,17,20-23,34H2/t31-,32+,33+/m0/s1. The lowest BCUT2D eigenvalue weighted by Gasteiger charge is -2.39. The van der Waals surface area contributed by atoms with Crippen LogP contribution in [0.3, 0.4) is 0 Å². The number of hydrogen-bond acceptors (Lipinski definition) is 5. The zero-order chi connectivity index (χ0) is 26.3. The van der Waals surface area contributed by atoms with Gasteiger partial charge in [0.1, 0.15) is 0 Å². The minimum absolute atomic E-state index is 0.0287. The maximum absolute atomic E-state index is 9.51. The molecule has 0 bridgehead atoms. The van der Waals surface area contributed by atoms with Gasteiger partial charge in [0.05, 0.1) is 18.8 Å². The Morgan fingerprint density at radius 1 is 0.895 bits per heavy atom. The van der Waals surface area contributed by atoms with Crippen LogP contribution >= 0.6 is 0 Å². The van der Waals surface area contributed by atoms with Gasteiger partial charge in [-0.3, -0.25) is 4.90 Å². The molecule has 0 spiro atoms. The summed E-state index contributed by atoms with van der Waals surface area (Å²) in [5.41, 5.74) is 12.3. The van der Waals surface area contributed by atoms with Crippen LogP contribution in [0.2, 0.25) is 0 Å². The van der Waals surface area contributed by atoms with Gasteiger partial charge in [-0.15, -0.1) is 6.58 Å². The lowest BCUT2D eigenvalue weighted by atomic mass is 9.98. The zero-order valence-corrected chi connectivity index (χ0v) is 22.2. The molecule has 5 rings (SSSR count). The van der Waals surface area contributed by atoms with Gasteiger partial charge < -0.3 is 20.3 Å². The second-order valence-electron chi connectivity index (χ2n) is 10.6. The van der Waals surface area contributed by atoms with Gasteiger partial charge in [-0.05, 0) is 52.8 Å². The van der Waals surface area contributed by atoms with Crippen LogP contribution in [-0.4, -0.2) is 35.2 Å². The molecule has 3 aromatic carbocycles. The van der Waals surface area contributed by atoms with Crippen LogP contribution in [-0.2, 0) is 22.6 Å². The van der Waals surface area contributed by atoms with Gasteiger partial charge in [0.15, 0.2) is 6.29 Å². The Labute approximate surface area is 226 Å². The zero-order valence-electron chi connectivity index (χ0n) is 22.2. The largest absolute Gasteiger partial charge is 0.392 e. The molecule has 5 nitrogen and oxygen atoms in total. The first-order valence-corrected chi connectivity index (χ1v) is 13.9. The quantitative estimate of drug-likeness (QED) is 0.313. The second-order valence-corrected chi connectivity index (χ2v) is 10.6. The summed E-state index contributed by atoms with van der Waals surface area (Å²) in [6, 6.07) is 25.5. The molecule has 3 aromatic rings. The van der Waals surface area contributed by atoms with E-state index in [0.29, 0.717) is 12.6 Å². The summed E-state index contributed by atoms with van der Waals surface area (Å²) < 4.78 is 13.3. The minimum Gasteiger partial charge on any atom is -0.392 e. The van der Waals surface area contributed by atoms with Crippen molar-refractivity contribution in [1.29, 1.82) is 0 Å². The van der Waals surface area contributed by atoms with Crippen LogP contribution in [0, 0.1) is 0 Å². The molecule has 0 unspecified atom stereocenters. The Hall–Kier alpha value is -2.80. The van der Waals surface area contributed by atoms with Gasteiger partial charge >= 0.3 is 0 Å². The molecule has 0 aromatic heterocycles. The third-order valence-corrected chi connectivity index (χ3v) is 7.91. The maximum Gasteiger partial charge on any atom is 0.184 e. The summed E-state index contributed by atoms with van der Waals surface area (Å²) in [6.45, 7) is 6.31. The van der Waals surface area contributed by atoms with Gasteiger partial charge in [0, 0.05) is 37.7 Å². The Morgan fingerprint density at radius 3 is 2.34 bits per heavy atom. The van der Waals surface area contributed by atoms with Crippen molar-refractivity contribution in [2.45, 2.75) is 69.8 Å². The van der Waals surface area contributed by atoms with E-state index in [0.717, 1.165) is 52.9 Å². The molecule has 38 heavy (non-hydrogen) atoms. The van der Waals surface area contributed by atoms with Crippen LogP contribution in [0.25, 0.3) is 11.1 Å². The van der Waals surface area contributed by atoms with Crippen molar-refractivity contribution in [2.24, 2.45) is 5.73 Å². The molecule has 5 heteroatoms. The molecule has 1 heterocycles. The number of rotatable bonds is 10. The molecular formula is C33H40N2O3. The third kappa shape index (κ3) is 6.42. The highest BCUT2D eigenvalue weighted by atomic mass is 16.7. The van der Waals surface area contributed by atoms with E-state index in [4.69, 9.17) is 15.2 Å².